The Bertz CT molecular complexity index is 1470. The fraction of sp³-hybridized carbons (Fsp3) is 0.207. The Kier molecular flexibility index (Phi) is 5.30. The molecule has 5 aromatic rings. The van der Waals surface area contributed by atoms with Crippen molar-refractivity contribution in [1.29, 1.82) is 0 Å². The highest BCUT2D eigenvalue weighted by Crippen LogP contribution is 2.29. The molecule has 0 saturated carbocycles. The molecule has 5 nitrogen and oxygen atoms in total. The van der Waals surface area contributed by atoms with Crippen LogP contribution in [0.2, 0.25) is 0 Å². The molecule has 0 unspecified atom stereocenters. The molecule has 0 N–H and O–H groups in total. The van der Waals surface area contributed by atoms with Gasteiger partial charge in [-0.25, -0.2) is 0 Å². The second-order valence-electron chi connectivity index (χ2n) is 9.00. The van der Waals surface area contributed by atoms with Crippen molar-refractivity contribution in [3.63, 3.8) is 0 Å². The normalized spacial score (nSPS) is 14.1. The van der Waals surface area contributed by atoms with Crippen LogP contribution in [-0.4, -0.2) is 41.4 Å². The molecule has 0 radical (unpaired) electrons. The molecular formula is C29H27N5. The van der Waals surface area contributed by atoms with E-state index in [2.05, 4.69) is 93.6 Å². The van der Waals surface area contributed by atoms with Crippen molar-refractivity contribution in [2.24, 2.45) is 0 Å². The van der Waals surface area contributed by atoms with Gasteiger partial charge in [0.15, 0.2) is 5.82 Å². The van der Waals surface area contributed by atoms with Crippen molar-refractivity contribution in [1.82, 2.24) is 15.2 Å². The summed E-state index contributed by atoms with van der Waals surface area (Å²) in [6.45, 7) is 5.80. The van der Waals surface area contributed by atoms with Gasteiger partial charge in [-0.1, -0.05) is 54.6 Å². The summed E-state index contributed by atoms with van der Waals surface area (Å²) in [4.78, 5) is 9.17. The fourth-order valence-corrected chi connectivity index (χ4v) is 4.97. The van der Waals surface area contributed by atoms with Gasteiger partial charge in [-0.3, -0.25) is 4.98 Å². The molecule has 0 atom stereocenters. The first-order valence-electron chi connectivity index (χ1n) is 11.9. The molecule has 0 bridgehead atoms. The van der Waals surface area contributed by atoms with Crippen molar-refractivity contribution in [3.8, 4) is 0 Å². The minimum atomic E-state index is 0.757. The zero-order chi connectivity index (χ0) is 22.9. The van der Waals surface area contributed by atoms with Crippen LogP contribution in [-0.2, 0) is 6.42 Å². The second-order valence-corrected chi connectivity index (χ2v) is 9.00. The molecule has 6 rings (SSSR count). The Morgan fingerprint density at radius 2 is 1.44 bits per heavy atom. The van der Waals surface area contributed by atoms with E-state index in [4.69, 9.17) is 10.2 Å². The van der Waals surface area contributed by atoms with Crippen molar-refractivity contribution >= 4 is 33.1 Å². The average Bonchev–Trinajstić information content (AvgIpc) is 2.89. The van der Waals surface area contributed by atoms with Crippen molar-refractivity contribution in [2.45, 2.75) is 13.3 Å². The van der Waals surface area contributed by atoms with E-state index in [1.807, 2.05) is 13.1 Å². The van der Waals surface area contributed by atoms with Crippen LogP contribution in [0.5, 0.6) is 0 Å². The summed E-state index contributed by atoms with van der Waals surface area (Å²) in [5.41, 5.74) is 4.54. The molecular weight excluding hydrogens is 418 g/mol. The molecule has 3 heterocycles. The van der Waals surface area contributed by atoms with Gasteiger partial charge in [-0.15, -0.1) is 5.10 Å². The van der Waals surface area contributed by atoms with E-state index >= 15 is 0 Å². The maximum absolute atomic E-state index is 4.73. The van der Waals surface area contributed by atoms with E-state index in [0.29, 0.717) is 0 Å². The molecule has 1 aliphatic heterocycles. The standard InChI is InChI=1S/C29H27N5/c1-21-18-22(12-13-30-21)19-28-26-8-4-5-9-27(26)29(32-31-28)34-16-14-33(15-17-34)25-11-10-23-6-2-3-7-24(23)20-25/h2-13,18,20H,14-17,19H2,1H3. The number of anilines is 2. The van der Waals surface area contributed by atoms with Gasteiger partial charge in [0.25, 0.3) is 0 Å². The lowest BCUT2D eigenvalue weighted by Gasteiger charge is -2.37. The lowest BCUT2D eigenvalue weighted by atomic mass is 10.0. The average molecular weight is 446 g/mol. The van der Waals surface area contributed by atoms with Crippen LogP contribution < -0.4 is 9.80 Å². The maximum atomic E-state index is 4.73. The summed E-state index contributed by atoms with van der Waals surface area (Å²) in [7, 11) is 0. The minimum Gasteiger partial charge on any atom is -0.368 e. The van der Waals surface area contributed by atoms with Crippen LogP contribution in [0.4, 0.5) is 11.5 Å². The van der Waals surface area contributed by atoms with Gasteiger partial charge >= 0.3 is 0 Å². The Balaban J connectivity index is 1.24. The molecule has 0 aliphatic carbocycles. The van der Waals surface area contributed by atoms with E-state index < -0.39 is 0 Å². The predicted molar refractivity (Wildman–Crippen MR) is 140 cm³/mol. The van der Waals surface area contributed by atoms with Crippen molar-refractivity contribution in [3.05, 3.63) is 102 Å². The van der Waals surface area contributed by atoms with Gasteiger partial charge in [0, 0.05) is 61.0 Å². The van der Waals surface area contributed by atoms with Gasteiger partial charge in [-0.2, -0.15) is 5.10 Å². The van der Waals surface area contributed by atoms with E-state index in [9.17, 15) is 0 Å². The number of aromatic nitrogens is 3. The minimum absolute atomic E-state index is 0.757. The molecule has 0 spiro atoms. The van der Waals surface area contributed by atoms with Crippen LogP contribution in [0.1, 0.15) is 17.0 Å². The van der Waals surface area contributed by atoms with Gasteiger partial charge in [-0.05, 0) is 47.5 Å². The molecule has 168 valence electrons. The monoisotopic (exact) mass is 445 g/mol. The van der Waals surface area contributed by atoms with Crippen LogP contribution in [0.3, 0.4) is 0 Å². The van der Waals surface area contributed by atoms with Crippen molar-refractivity contribution in [2.75, 3.05) is 36.0 Å². The number of pyridine rings is 1. The molecule has 1 aliphatic rings. The Morgan fingerprint density at radius 1 is 0.706 bits per heavy atom. The van der Waals surface area contributed by atoms with Gasteiger partial charge in [0.1, 0.15) is 0 Å². The highest BCUT2D eigenvalue weighted by Gasteiger charge is 2.21. The molecule has 2 aromatic heterocycles. The fourth-order valence-electron chi connectivity index (χ4n) is 4.97. The number of nitrogens with zero attached hydrogens (tertiary/aromatic N) is 5. The van der Waals surface area contributed by atoms with E-state index in [1.54, 1.807) is 0 Å². The summed E-state index contributed by atoms with van der Waals surface area (Å²) < 4.78 is 0. The first kappa shape index (κ1) is 20.6. The quantitative estimate of drug-likeness (QED) is 0.370. The highest BCUT2D eigenvalue weighted by molar-refractivity contribution is 5.93. The second kappa shape index (κ2) is 8.75. The number of rotatable bonds is 4. The summed E-state index contributed by atoms with van der Waals surface area (Å²) >= 11 is 0. The molecule has 34 heavy (non-hydrogen) atoms. The van der Waals surface area contributed by atoms with Crippen LogP contribution in [0, 0.1) is 6.92 Å². The van der Waals surface area contributed by atoms with E-state index in [1.165, 1.54) is 32.8 Å². The zero-order valence-corrected chi connectivity index (χ0v) is 19.4. The topological polar surface area (TPSA) is 45.2 Å². The third-order valence-electron chi connectivity index (χ3n) is 6.75. The SMILES string of the molecule is Cc1cc(Cc2nnc(N3CCN(c4ccc5ccccc5c4)CC3)c3ccccc23)ccn1. The van der Waals surface area contributed by atoms with Gasteiger partial charge < -0.3 is 9.80 Å². The highest BCUT2D eigenvalue weighted by atomic mass is 15.3. The lowest BCUT2D eigenvalue weighted by Crippen LogP contribution is -2.47. The maximum Gasteiger partial charge on any atom is 0.159 e. The number of aryl methyl sites for hydroxylation is 1. The number of fused-ring (bicyclic) bond motifs is 2. The summed E-state index contributed by atoms with van der Waals surface area (Å²) in [5.74, 6) is 0.989. The third-order valence-corrected chi connectivity index (χ3v) is 6.75. The Morgan fingerprint density at radius 3 is 2.26 bits per heavy atom. The summed E-state index contributed by atoms with van der Waals surface area (Å²) in [5, 5.41) is 14.4. The predicted octanol–water partition coefficient (Wildman–Crippen LogP) is 5.40. The van der Waals surface area contributed by atoms with E-state index in [0.717, 1.165) is 49.8 Å². The van der Waals surface area contributed by atoms with Crippen molar-refractivity contribution < 1.29 is 0 Å². The summed E-state index contributed by atoms with van der Waals surface area (Å²) in [6.07, 6.45) is 2.62. The first-order chi connectivity index (χ1) is 16.7. The van der Waals surface area contributed by atoms with Gasteiger partial charge in [0.2, 0.25) is 0 Å². The molecule has 0 amide bonds. The number of hydrogen-bond donors (Lipinski definition) is 0. The lowest BCUT2D eigenvalue weighted by molar-refractivity contribution is 0.645. The number of hydrogen-bond acceptors (Lipinski definition) is 5. The Hall–Kier alpha value is -3.99. The van der Waals surface area contributed by atoms with E-state index in [-0.39, 0.29) is 0 Å². The van der Waals surface area contributed by atoms with Gasteiger partial charge in [0.05, 0.1) is 5.69 Å². The smallest absolute Gasteiger partial charge is 0.159 e. The molecule has 5 heteroatoms. The number of benzene rings is 3. The van der Waals surface area contributed by atoms with Crippen LogP contribution in [0.25, 0.3) is 21.5 Å². The first-order valence-corrected chi connectivity index (χ1v) is 11.9. The zero-order valence-electron chi connectivity index (χ0n) is 19.4. The Labute approximate surface area is 199 Å². The van der Waals surface area contributed by atoms with Crippen LogP contribution in [0.15, 0.2) is 85.1 Å². The summed E-state index contributed by atoms with van der Waals surface area (Å²) in [6, 6.07) is 28.0. The number of piperazine rings is 1. The third kappa shape index (κ3) is 3.94. The molecule has 3 aromatic carbocycles. The molecule has 1 fully saturated rings. The molecule has 1 saturated heterocycles. The largest absolute Gasteiger partial charge is 0.368 e. The van der Waals surface area contributed by atoms with Crippen LogP contribution >= 0.6 is 0 Å².